The van der Waals surface area contributed by atoms with Gasteiger partial charge in [-0.25, -0.2) is 4.79 Å². The number of rotatable bonds is 7. The van der Waals surface area contributed by atoms with Crippen molar-refractivity contribution in [1.29, 1.82) is 0 Å². The average molecular weight is 487 g/mol. The molecule has 4 aromatic rings. The number of carbonyl (C=O) groups is 1. The molecule has 186 valence electrons. The zero-order valence-corrected chi connectivity index (χ0v) is 21.2. The number of fused-ring (bicyclic) bond motifs is 1. The first kappa shape index (κ1) is 25.0. The summed E-state index contributed by atoms with van der Waals surface area (Å²) in [7, 11) is 1.60. The summed E-state index contributed by atoms with van der Waals surface area (Å²) in [6.45, 7) is 8.73. The van der Waals surface area contributed by atoms with E-state index in [1.165, 1.54) is 12.1 Å². The molecular weight excluding hydrogens is 456 g/mol. The number of methoxy groups -OCH3 is 1. The molecule has 0 bridgehead atoms. The molecule has 0 N–H and O–H groups in total. The molecule has 0 aliphatic rings. The molecule has 0 saturated carbocycles. The number of esters is 1. The molecule has 1 heterocycles. The number of nitro benzene ring substituents is 1. The molecule has 0 aliphatic carbocycles. The summed E-state index contributed by atoms with van der Waals surface area (Å²) in [5.41, 5.74) is 4.47. The largest absolute Gasteiger partial charge is 0.497 e. The van der Waals surface area contributed by atoms with E-state index in [1.54, 1.807) is 20.1 Å². The predicted molar refractivity (Wildman–Crippen MR) is 141 cm³/mol. The Labute approximate surface area is 210 Å². The lowest BCUT2D eigenvalue weighted by Crippen LogP contribution is -2.14. The van der Waals surface area contributed by atoms with Crippen LogP contribution in [0, 0.1) is 10.1 Å². The molecule has 0 spiro atoms. The van der Waals surface area contributed by atoms with E-state index < -0.39 is 10.9 Å². The van der Waals surface area contributed by atoms with Gasteiger partial charge in [0.1, 0.15) is 11.4 Å². The zero-order valence-electron chi connectivity index (χ0n) is 21.2. The Morgan fingerprint density at radius 1 is 1.03 bits per heavy atom. The second-order valence-corrected chi connectivity index (χ2v) is 9.67. The number of aromatic nitrogens is 1. The molecule has 0 unspecified atom stereocenters. The number of ether oxygens (including phenoxy) is 2. The van der Waals surface area contributed by atoms with Crippen molar-refractivity contribution in [3.63, 3.8) is 0 Å². The van der Waals surface area contributed by atoms with Gasteiger partial charge in [0.25, 0.3) is 5.69 Å². The minimum absolute atomic E-state index is 0.0380. The second-order valence-electron chi connectivity index (χ2n) is 9.67. The van der Waals surface area contributed by atoms with E-state index in [0.717, 1.165) is 16.7 Å². The highest BCUT2D eigenvalue weighted by Gasteiger charge is 2.27. The smallest absolute Gasteiger partial charge is 0.355 e. The van der Waals surface area contributed by atoms with Gasteiger partial charge < -0.3 is 14.0 Å². The van der Waals surface area contributed by atoms with Crippen LogP contribution in [0.3, 0.4) is 0 Å². The quantitative estimate of drug-likeness (QED) is 0.164. The fourth-order valence-corrected chi connectivity index (χ4v) is 4.41. The molecule has 3 aromatic carbocycles. The Morgan fingerprint density at radius 2 is 1.75 bits per heavy atom. The molecule has 0 aliphatic heterocycles. The van der Waals surface area contributed by atoms with Gasteiger partial charge in [-0.2, -0.15) is 0 Å². The lowest BCUT2D eigenvalue weighted by Gasteiger charge is -2.19. The highest BCUT2D eigenvalue weighted by Crippen LogP contribution is 2.39. The molecule has 36 heavy (non-hydrogen) atoms. The molecule has 7 nitrogen and oxygen atoms in total. The Kier molecular flexibility index (Phi) is 6.84. The van der Waals surface area contributed by atoms with Gasteiger partial charge in [-0.3, -0.25) is 10.1 Å². The number of nitrogens with zero attached hydrogens (tertiary/aromatic N) is 2. The van der Waals surface area contributed by atoms with Gasteiger partial charge in [0.2, 0.25) is 0 Å². The summed E-state index contributed by atoms with van der Waals surface area (Å²) in [4.78, 5) is 24.6. The van der Waals surface area contributed by atoms with Crippen molar-refractivity contribution in [2.75, 3.05) is 13.7 Å². The zero-order chi connectivity index (χ0) is 26.0. The van der Waals surface area contributed by atoms with Crippen LogP contribution in [0.15, 0.2) is 66.7 Å². The summed E-state index contributed by atoms with van der Waals surface area (Å²) in [5, 5.41) is 12.3. The van der Waals surface area contributed by atoms with Gasteiger partial charge in [-0.15, -0.1) is 0 Å². The van der Waals surface area contributed by atoms with Gasteiger partial charge in [-0.1, -0.05) is 57.2 Å². The van der Waals surface area contributed by atoms with Gasteiger partial charge in [0.15, 0.2) is 0 Å². The maximum absolute atomic E-state index is 13.4. The van der Waals surface area contributed by atoms with Crippen LogP contribution in [-0.4, -0.2) is 29.2 Å². The Hall–Kier alpha value is -4.13. The highest BCUT2D eigenvalue weighted by atomic mass is 16.6. The van der Waals surface area contributed by atoms with Crippen LogP contribution in [0.4, 0.5) is 5.69 Å². The van der Waals surface area contributed by atoms with E-state index >= 15 is 0 Å². The third-order valence-electron chi connectivity index (χ3n) is 6.24. The molecule has 0 fully saturated rings. The van der Waals surface area contributed by atoms with Crippen LogP contribution < -0.4 is 4.74 Å². The fraction of sp³-hybridized carbons (Fsp3) is 0.276. The first-order chi connectivity index (χ1) is 17.1. The molecule has 0 saturated heterocycles. The van der Waals surface area contributed by atoms with Crippen molar-refractivity contribution in [3.8, 4) is 16.9 Å². The van der Waals surface area contributed by atoms with Gasteiger partial charge in [0, 0.05) is 29.6 Å². The normalized spacial score (nSPS) is 11.5. The van der Waals surface area contributed by atoms with Crippen molar-refractivity contribution in [2.24, 2.45) is 0 Å². The van der Waals surface area contributed by atoms with Crippen LogP contribution in [0.25, 0.3) is 22.0 Å². The summed E-state index contributed by atoms with van der Waals surface area (Å²) >= 11 is 0. The monoisotopic (exact) mass is 486 g/mol. The number of hydrogen-bond acceptors (Lipinski definition) is 5. The lowest BCUT2D eigenvalue weighted by molar-refractivity contribution is -0.384. The van der Waals surface area contributed by atoms with Crippen LogP contribution >= 0.6 is 0 Å². The summed E-state index contributed by atoms with van der Waals surface area (Å²) in [6.07, 6.45) is 0. The maximum atomic E-state index is 13.4. The third kappa shape index (κ3) is 4.82. The number of non-ortho nitro benzene ring substituents is 1. The first-order valence-electron chi connectivity index (χ1n) is 11.9. The molecule has 1 aromatic heterocycles. The lowest BCUT2D eigenvalue weighted by atomic mass is 9.86. The predicted octanol–water partition coefficient (Wildman–Crippen LogP) is 6.75. The molecule has 0 amide bonds. The van der Waals surface area contributed by atoms with E-state index in [4.69, 9.17) is 9.47 Å². The van der Waals surface area contributed by atoms with Crippen LogP contribution in [-0.2, 0) is 16.7 Å². The molecule has 7 heteroatoms. The molecular formula is C29H30N2O5. The molecule has 4 rings (SSSR count). The van der Waals surface area contributed by atoms with E-state index in [9.17, 15) is 14.9 Å². The highest BCUT2D eigenvalue weighted by molar-refractivity contribution is 6.09. The van der Waals surface area contributed by atoms with E-state index in [0.29, 0.717) is 34.5 Å². The Morgan fingerprint density at radius 3 is 2.36 bits per heavy atom. The maximum Gasteiger partial charge on any atom is 0.355 e. The number of nitro groups is 1. The van der Waals surface area contributed by atoms with E-state index in [-0.39, 0.29) is 17.7 Å². The van der Waals surface area contributed by atoms with E-state index in [2.05, 4.69) is 20.8 Å². The van der Waals surface area contributed by atoms with Crippen LogP contribution in [0.5, 0.6) is 5.75 Å². The number of hydrogen-bond donors (Lipinski definition) is 0. The number of carbonyl (C=O) groups excluding carboxylic acids is 1. The Bertz CT molecular complexity index is 1430. The average Bonchev–Trinajstić information content (AvgIpc) is 3.17. The topological polar surface area (TPSA) is 83.6 Å². The minimum Gasteiger partial charge on any atom is -0.497 e. The Balaban J connectivity index is 2.02. The van der Waals surface area contributed by atoms with Gasteiger partial charge in [-0.05, 0) is 47.2 Å². The van der Waals surface area contributed by atoms with Crippen molar-refractivity contribution in [3.05, 3.63) is 93.7 Å². The van der Waals surface area contributed by atoms with Crippen molar-refractivity contribution in [1.82, 2.24) is 4.57 Å². The third-order valence-corrected chi connectivity index (χ3v) is 6.24. The van der Waals surface area contributed by atoms with Crippen molar-refractivity contribution >= 4 is 22.6 Å². The minimum atomic E-state index is -0.478. The van der Waals surface area contributed by atoms with Gasteiger partial charge >= 0.3 is 5.97 Å². The van der Waals surface area contributed by atoms with Crippen LogP contribution in [0.2, 0.25) is 0 Å². The van der Waals surface area contributed by atoms with Crippen molar-refractivity contribution in [2.45, 2.75) is 39.7 Å². The standard InChI is InChI=1S/C29H30N2O5/c1-6-36-28(32)27-26(20-10-12-21(13-11-20)29(2,3)4)24-17-22(31(33)34)14-15-25(24)30(27)18-19-8-7-9-23(16-19)35-5/h7-17H,6,18H2,1-5H3. The summed E-state index contributed by atoms with van der Waals surface area (Å²) in [6, 6.07) is 20.3. The summed E-state index contributed by atoms with van der Waals surface area (Å²) < 4.78 is 12.7. The van der Waals surface area contributed by atoms with Gasteiger partial charge in [0.05, 0.1) is 24.2 Å². The van der Waals surface area contributed by atoms with E-state index in [1.807, 2.05) is 53.1 Å². The first-order valence-corrected chi connectivity index (χ1v) is 11.9. The van der Waals surface area contributed by atoms with Crippen LogP contribution in [0.1, 0.15) is 49.3 Å². The SMILES string of the molecule is CCOC(=O)c1c(-c2ccc(C(C)(C)C)cc2)c2cc([N+](=O)[O-])ccc2n1Cc1cccc(OC)c1. The molecule has 0 atom stereocenters. The number of benzene rings is 3. The fourth-order valence-electron chi connectivity index (χ4n) is 4.41. The van der Waals surface area contributed by atoms with Crippen molar-refractivity contribution < 1.29 is 19.2 Å². The molecule has 0 radical (unpaired) electrons. The second kappa shape index (κ2) is 9.85. The summed E-state index contributed by atoms with van der Waals surface area (Å²) in [5.74, 6) is 0.226.